The average molecular weight is 375 g/mol. The van der Waals surface area contributed by atoms with E-state index in [1.807, 2.05) is 6.07 Å². The van der Waals surface area contributed by atoms with Gasteiger partial charge < -0.3 is 29.0 Å². The van der Waals surface area contributed by atoms with Crippen LogP contribution in [-0.4, -0.2) is 57.4 Å². The number of aliphatic hydroxyl groups excluding tert-OH is 1. The summed E-state index contributed by atoms with van der Waals surface area (Å²) >= 11 is 0. The number of methoxy groups -OCH3 is 3. The molecule has 0 aliphatic carbocycles. The first kappa shape index (κ1) is 20.4. The van der Waals surface area contributed by atoms with Crippen molar-refractivity contribution in [3.63, 3.8) is 0 Å². The van der Waals surface area contributed by atoms with Crippen LogP contribution in [0.1, 0.15) is 11.7 Å². The second kappa shape index (κ2) is 9.68. The Morgan fingerprint density at radius 2 is 1.56 bits per heavy atom. The summed E-state index contributed by atoms with van der Waals surface area (Å²) in [6, 6.07) is 12.2. The minimum absolute atomic E-state index is 0.115. The minimum Gasteiger partial charge on any atom is -0.493 e. The lowest BCUT2D eigenvalue weighted by Crippen LogP contribution is -2.34. The standard InChI is InChI=1S/C20H25NO6/c1-21(20(23)13-27-18-8-6-5-7-16(18)24-2)12-15(22)14-9-10-17(25-3)19(11-14)26-4/h5-11,15,22H,12-13H2,1-4H3. The molecule has 7 heteroatoms. The molecule has 0 heterocycles. The van der Waals surface area contributed by atoms with E-state index >= 15 is 0 Å². The summed E-state index contributed by atoms with van der Waals surface area (Å²) in [6.45, 7) is -0.0425. The van der Waals surface area contributed by atoms with Crippen LogP contribution in [0.3, 0.4) is 0 Å². The van der Waals surface area contributed by atoms with Gasteiger partial charge in [-0.05, 0) is 29.8 Å². The lowest BCUT2D eigenvalue weighted by molar-refractivity contribution is -0.133. The first-order valence-corrected chi connectivity index (χ1v) is 8.40. The zero-order chi connectivity index (χ0) is 19.8. The number of nitrogens with zero attached hydrogens (tertiary/aromatic N) is 1. The van der Waals surface area contributed by atoms with Crippen LogP contribution in [0.25, 0.3) is 0 Å². The largest absolute Gasteiger partial charge is 0.493 e. The summed E-state index contributed by atoms with van der Waals surface area (Å²) in [7, 11) is 6.22. The smallest absolute Gasteiger partial charge is 0.260 e. The van der Waals surface area contributed by atoms with Crippen molar-refractivity contribution in [3.8, 4) is 23.0 Å². The fourth-order valence-corrected chi connectivity index (χ4v) is 2.51. The number of ether oxygens (including phenoxy) is 4. The highest BCUT2D eigenvalue weighted by atomic mass is 16.5. The van der Waals surface area contributed by atoms with Gasteiger partial charge >= 0.3 is 0 Å². The predicted molar refractivity (Wildman–Crippen MR) is 101 cm³/mol. The molecule has 1 atom stereocenters. The number of para-hydroxylation sites is 2. The maximum absolute atomic E-state index is 12.3. The zero-order valence-electron chi connectivity index (χ0n) is 16.0. The molecule has 0 saturated carbocycles. The number of rotatable bonds is 9. The molecule has 2 rings (SSSR count). The number of hydrogen-bond donors (Lipinski definition) is 1. The summed E-state index contributed by atoms with van der Waals surface area (Å²) in [5.74, 6) is 1.87. The van der Waals surface area contributed by atoms with E-state index in [2.05, 4.69) is 0 Å². The molecule has 27 heavy (non-hydrogen) atoms. The van der Waals surface area contributed by atoms with E-state index in [1.165, 1.54) is 19.1 Å². The zero-order valence-corrected chi connectivity index (χ0v) is 16.0. The molecule has 7 nitrogen and oxygen atoms in total. The topological polar surface area (TPSA) is 77.5 Å². The average Bonchev–Trinajstić information content (AvgIpc) is 2.71. The number of benzene rings is 2. The fourth-order valence-electron chi connectivity index (χ4n) is 2.51. The lowest BCUT2D eigenvalue weighted by Gasteiger charge is -2.22. The summed E-state index contributed by atoms with van der Waals surface area (Å²) < 4.78 is 21.1. The second-order valence-corrected chi connectivity index (χ2v) is 5.84. The van der Waals surface area contributed by atoms with Crippen LogP contribution < -0.4 is 18.9 Å². The van der Waals surface area contributed by atoms with E-state index in [0.29, 0.717) is 28.6 Å². The van der Waals surface area contributed by atoms with E-state index in [1.54, 1.807) is 50.6 Å². The number of carbonyl (C=O) groups is 1. The highest BCUT2D eigenvalue weighted by Crippen LogP contribution is 2.30. The highest BCUT2D eigenvalue weighted by Gasteiger charge is 2.18. The van der Waals surface area contributed by atoms with E-state index in [0.717, 1.165) is 0 Å². The van der Waals surface area contributed by atoms with Crippen molar-refractivity contribution in [1.82, 2.24) is 4.90 Å². The molecule has 1 unspecified atom stereocenters. The van der Waals surface area contributed by atoms with E-state index in [9.17, 15) is 9.90 Å². The van der Waals surface area contributed by atoms with Gasteiger partial charge in [-0.3, -0.25) is 4.79 Å². The third-order valence-electron chi connectivity index (χ3n) is 4.09. The van der Waals surface area contributed by atoms with E-state index in [-0.39, 0.29) is 19.1 Å². The van der Waals surface area contributed by atoms with Gasteiger partial charge in [-0.25, -0.2) is 0 Å². The number of aliphatic hydroxyl groups is 1. The summed E-state index contributed by atoms with van der Waals surface area (Å²) in [5, 5.41) is 10.4. The molecule has 0 aromatic heterocycles. The van der Waals surface area contributed by atoms with E-state index < -0.39 is 6.10 Å². The van der Waals surface area contributed by atoms with Crippen LogP contribution in [0.2, 0.25) is 0 Å². The van der Waals surface area contributed by atoms with Crippen molar-refractivity contribution < 1.29 is 28.8 Å². The van der Waals surface area contributed by atoms with Gasteiger partial charge in [0.05, 0.1) is 34.0 Å². The summed E-state index contributed by atoms with van der Waals surface area (Å²) in [4.78, 5) is 13.7. The monoisotopic (exact) mass is 375 g/mol. The van der Waals surface area contributed by atoms with Crippen LogP contribution in [0.15, 0.2) is 42.5 Å². The third-order valence-corrected chi connectivity index (χ3v) is 4.09. The molecule has 0 aliphatic heterocycles. The van der Waals surface area contributed by atoms with Crippen LogP contribution >= 0.6 is 0 Å². The fraction of sp³-hybridized carbons (Fsp3) is 0.350. The Balaban J connectivity index is 1.95. The van der Waals surface area contributed by atoms with Crippen LogP contribution in [0, 0.1) is 0 Å². The lowest BCUT2D eigenvalue weighted by atomic mass is 10.1. The van der Waals surface area contributed by atoms with Crippen molar-refractivity contribution in [2.24, 2.45) is 0 Å². The Morgan fingerprint density at radius 3 is 2.19 bits per heavy atom. The summed E-state index contributed by atoms with van der Waals surface area (Å²) in [6.07, 6.45) is -0.870. The first-order valence-electron chi connectivity index (χ1n) is 8.40. The molecule has 0 saturated heterocycles. The maximum atomic E-state index is 12.3. The van der Waals surface area contributed by atoms with Gasteiger partial charge in [-0.1, -0.05) is 18.2 Å². The van der Waals surface area contributed by atoms with Crippen molar-refractivity contribution in [2.45, 2.75) is 6.10 Å². The second-order valence-electron chi connectivity index (χ2n) is 5.84. The Morgan fingerprint density at radius 1 is 0.963 bits per heavy atom. The molecule has 0 spiro atoms. The maximum Gasteiger partial charge on any atom is 0.260 e. The Labute approximate surface area is 159 Å². The van der Waals surface area contributed by atoms with Crippen molar-refractivity contribution in [3.05, 3.63) is 48.0 Å². The molecule has 0 fully saturated rings. The number of amides is 1. The van der Waals surface area contributed by atoms with Gasteiger partial charge in [-0.2, -0.15) is 0 Å². The van der Waals surface area contributed by atoms with Gasteiger partial charge in [-0.15, -0.1) is 0 Å². The van der Waals surface area contributed by atoms with Crippen molar-refractivity contribution in [2.75, 3.05) is 41.5 Å². The summed E-state index contributed by atoms with van der Waals surface area (Å²) in [5.41, 5.74) is 0.623. The molecule has 2 aromatic carbocycles. The molecular weight excluding hydrogens is 350 g/mol. The van der Waals surface area contributed by atoms with Crippen LogP contribution in [0.5, 0.6) is 23.0 Å². The van der Waals surface area contributed by atoms with Crippen LogP contribution in [-0.2, 0) is 4.79 Å². The highest BCUT2D eigenvalue weighted by molar-refractivity contribution is 5.77. The molecule has 1 N–H and O–H groups in total. The quantitative estimate of drug-likeness (QED) is 0.725. The third kappa shape index (κ3) is 5.27. The number of carbonyl (C=O) groups excluding carboxylic acids is 1. The molecule has 0 radical (unpaired) electrons. The molecule has 2 aromatic rings. The van der Waals surface area contributed by atoms with Gasteiger partial charge in [0.25, 0.3) is 5.91 Å². The Kier molecular flexibility index (Phi) is 7.31. The van der Waals surface area contributed by atoms with Gasteiger partial charge in [0.2, 0.25) is 0 Å². The molecule has 0 bridgehead atoms. The molecule has 1 amide bonds. The van der Waals surface area contributed by atoms with Gasteiger partial charge in [0.1, 0.15) is 0 Å². The van der Waals surface area contributed by atoms with Crippen molar-refractivity contribution >= 4 is 5.91 Å². The number of likely N-dealkylation sites (N-methyl/N-ethyl adjacent to an activating group) is 1. The van der Waals surface area contributed by atoms with Crippen LogP contribution in [0.4, 0.5) is 0 Å². The molecular formula is C20H25NO6. The van der Waals surface area contributed by atoms with Crippen molar-refractivity contribution in [1.29, 1.82) is 0 Å². The molecule has 146 valence electrons. The Hall–Kier alpha value is -2.93. The Bertz CT molecular complexity index is 764. The number of hydrogen-bond acceptors (Lipinski definition) is 6. The SMILES string of the molecule is COc1ccc(C(O)CN(C)C(=O)COc2ccccc2OC)cc1OC. The molecule has 0 aliphatic rings. The normalized spacial score (nSPS) is 11.4. The van der Waals surface area contributed by atoms with E-state index in [4.69, 9.17) is 18.9 Å². The minimum atomic E-state index is -0.870. The van der Waals surface area contributed by atoms with Gasteiger partial charge in [0.15, 0.2) is 29.6 Å². The van der Waals surface area contributed by atoms with Gasteiger partial charge in [0, 0.05) is 7.05 Å². The first-order chi connectivity index (χ1) is 13.0. The predicted octanol–water partition coefficient (Wildman–Crippen LogP) is 2.28.